The van der Waals surface area contributed by atoms with Crippen LogP contribution >= 0.6 is 11.8 Å². The number of hydrogen-bond donors (Lipinski definition) is 1. The highest BCUT2D eigenvalue weighted by molar-refractivity contribution is 7.98. The third kappa shape index (κ3) is 4.33. The van der Waals surface area contributed by atoms with E-state index in [9.17, 15) is 4.79 Å². The first-order valence-electron chi connectivity index (χ1n) is 9.02. The zero-order chi connectivity index (χ0) is 20.1. The van der Waals surface area contributed by atoms with Crippen LogP contribution in [-0.2, 0) is 0 Å². The molecule has 0 saturated heterocycles. The number of carbonyl (C=O) groups is 1. The second-order valence-electron chi connectivity index (χ2n) is 6.29. The fourth-order valence-corrected chi connectivity index (χ4v) is 3.35. The van der Waals surface area contributed by atoms with Crippen molar-refractivity contribution in [3.63, 3.8) is 0 Å². The molecule has 142 valence electrons. The molecule has 0 unspecified atom stereocenters. The number of benzene rings is 2. The van der Waals surface area contributed by atoms with Gasteiger partial charge in [0.25, 0.3) is 5.91 Å². The van der Waals surface area contributed by atoms with Gasteiger partial charge in [0.1, 0.15) is 0 Å². The topological polar surface area (TPSA) is 67.2 Å². The van der Waals surface area contributed by atoms with E-state index in [0.717, 1.165) is 22.0 Å². The lowest BCUT2D eigenvalue weighted by Gasteiger charge is -2.08. The van der Waals surface area contributed by atoms with Crippen molar-refractivity contribution in [1.29, 1.82) is 0 Å². The average molecular weight is 398 g/mol. The van der Waals surface area contributed by atoms with E-state index in [2.05, 4.69) is 20.5 Å². The Balaban J connectivity index is 1.63. The van der Waals surface area contributed by atoms with Crippen molar-refractivity contribution in [2.75, 3.05) is 6.26 Å². The van der Waals surface area contributed by atoms with E-state index in [-0.39, 0.29) is 5.91 Å². The summed E-state index contributed by atoms with van der Waals surface area (Å²) in [5.41, 5.74) is 6.35. The number of fused-ring (bicyclic) bond motifs is 1. The monoisotopic (exact) mass is 398 g/mol. The average Bonchev–Trinajstić information content (AvgIpc) is 2.79. The Kier molecular flexibility index (Phi) is 5.63. The number of nitrogens with one attached hydrogen (secondary N) is 1. The number of para-hydroxylation sites is 1. The second kappa shape index (κ2) is 8.67. The van der Waals surface area contributed by atoms with Crippen LogP contribution in [-0.4, -0.2) is 28.3 Å². The standard InChI is InChI=1S/C23H18N4OS/c1-29-18-10-8-16(9-11-18)14-25-27-23(28)20-13-22(17-5-4-12-24-15-17)26-21-7-3-2-6-19(20)21/h2-15H,1H3,(H,27,28)/b25-14-. The maximum atomic E-state index is 12.9. The van der Waals surface area contributed by atoms with Crippen LogP contribution in [0, 0.1) is 0 Å². The Labute approximate surface area is 172 Å². The van der Waals surface area contributed by atoms with Crippen molar-refractivity contribution in [3.8, 4) is 11.3 Å². The normalized spacial score (nSPS) is 11.1. The van der Waals surface area contributed by atoms with E-state index in [4.69, 9.17) is 0 Å². The number of hydrogen-bond acceptors (Lipinski definition) is 5. The van der Waals surface area contributed by atoms with Crippen molar-refractivity contribution in [2.24, 2.45) is 5.10 Å². The van der Waals surface area contributed by atoms with Crippen molar-refractivity contribution < 1.29 is 4.79 Å². The van der Waals surface area contributed by atoms with Gasteiger partial charge in [0.2, 0.25) is 0 Å². The van der Waals surface area contributed by atoms with Crippen molar-refractivity contribution in [3.05, 3.63) is 90.3 Å². The Hall–Kier alpha value is -3.51. The molecule has 0 aliphatic rings. The Morgan fingerprint density at radius 3 is 2.66 bits per heavy atom. The van der Waals surface area contributed by atoms with Crippen LogP contribution in [0.4, 0.5) is 0 Å². The van der Waals surface area contributed by atoms with Crippen LogP contribution in [0.3, 0.4) is 0 Å². The molecule has 5 nitrogen and oxygen atoms in total. The number of carbonyl (C=O) groups excluding carboxylic acids is 1. The molecule has 2 heterocycles. The van der Waals surface area contributed by atoms with Crippen LogP contribution in [0.5, 0.6) is 0 Å². The Morgan fingerprint density at radius 2 is 1.90 bits per heavy atom. The maximum Gasteiger partial charge on any atom is 0.272 e. The van der Waals surface area contributed by atoms with Crippen molar-refractivity contribution in [2.45, 2.75) is 4.90 Å². The van der Waals surface area contributed by atoms with Gasteiger partial charge in [-0.2, -0.15) is 5.10 Å². The van der Waals surface area contributed by atoms with Crippen LogP contribution in [0.2, 0.25) is 0 Å². The molecular weight excluding hydrogens is 380 g/mol. The van der Waals surface area contributed by atoms with Gasteiger partial charge in [-0.05, 0) is 48.2 Å². The molecule has 1 N–H and O–H groups in total. The highest BCUT2D eigenvalue weighted by Crippen LogP contribution is 2.24. The predicted molar refractivity (Wildman–Crippen MR) is 118 cm³/mol. The van der Waals surface area contributed by atoms with Gasteiger partial charge in [-0.3, -0.25) is 9.78 Å². The number of amides is 1. The number of nitrogens with zero attached hydrogens (tertiary/aromatic N) is 3. The number of pyridine rings is 2. The van der Waals surface area contributed by atoms with Gasteiger partial charge in [0.05, 0.1) is 23.0 Å². The Morgan fingerprint density at radius 1 is 1.07 bits per heavy atom. The molecule has 0 aliphatic carbocycles. The van der Waals surface area contributed by atoms with E-state index < -0.39 is 0 Å². The fourth-order valence-electron chi connectivity index (χ4n) is 2.94. The molecule has 2 aromatic carbocycles. The van der Waals surface area contributed by atoms with E-state index in [1.54, 1.807) is 36.4 Å². The zero-order valence-electron chi connectivity index (χ0n) is 15.7. The van der Waals surface area contributed by atoms with Gasteiger partial charge in [-0.15, -0.1) is 11.8 Å². The van der Waals surface area contributed by atoms with E-state index in [1.165, 1.54) is 4.90 Å². The lowest BCUT2D eigenvalue weighted by Crippen LogP contribution is -2.18. The molecule has 2 aromatic heterocycles. The number of aromatic nitrogens is 2. The van der Waals surface area contributed by atoms with Crippen LogP contribution in [0.25, 0.3) is 22.2 Å². The molecule has 4 aromatic rings. The van der Waals surface area contributed by atoms with Gasteiger partial charge in [-0.25, -0.2) is 10.4 Å². The van der Waals surface area contributed by atoms with Gasteiger partial charge in [0.15, 0.2) is 0 Å². The minimum Gasteiger partial charge on any atom is -0.267 e. The number of rotatable bonds is 5. The largest absolute Gasteiger partial charge is 0.272 e. The minimum absolute atomic E-state index is 0.286. The highest BCUT2D eigenvalue weighted by Gasteiger charge is 2.13. The second-order valence-corrected chi connectivity index (χ2v) is 7.17. The molecule has 6 heteroatoms. The molecule has 0 saturated carbocycles. The quantitative estimate of drug-likeness (QED) is 0.298. The van der Waals surface area contributed by atoms with E-state index in [0.29, 0.717) is 11.3 Å². The fraction of sp³-hybridized carbons (Fsp3) is 0.0435. The number of thioether (sulfide) groups is 1. The highest BCUT2D eigenvalue weighted by atomic mass is 32.2. The molecular formula is C23H18N4OS. The summed E-state index contributed by atoms with van der Waals surface area (Å²) < 4.78 is 0. The third-order valence-corrected chi connectivity index (χ3v) is 5.16. The summed E-state index contributed by atoms with van der Waals surface area (Å²) in [4.78, 5) is 22.9. The molecule has 0 atom stereocenters. The zero-order valence-corrected chi connectivity index (χ0v) is 16.6. The van der Waals surface area contributed by atoms with Gasteiger partial charge in [-0.1, -0.05) is 30.3 Å². The predicted octanol–water partition coefficient (Wildman–Crippen LogP) is 4.78. The first-order valence-corrected chi connectivity index (χ1v) is 10.2. The summed E-state index contributed by atoms with van der Waals surface area (Å²) in [6, 6.07) is 21.1. The molecule has 4 rings (SSSR count). The smallest absolute Gasteiger partial charge is 0.267 e. The molecule has 0 spiro atoms. The van der Waals surface area contributed by atoms with Crippen LogP contribution < -0.4 is 5.43 Å². The van der Waals surface area contributed by atoms with Gasteiger partial charge >= 0.3 is 0 Å². The number of hydrazone groups is 1. The third-order valence-electron chi connectivity index (χ3n) is 4.41. The van der Waals surface area contributed by atoms with Crippen molar-refractivity contribution >= 4 is 34.8 Å². The lowest BCUT2D eigenvalue weighted by molar-refractivity contribution is 0.0956. The van der Waals surface area contributed by atoms with Crippen LogP contribution in [0.1, 0.15) is 15.9 Å². The summed E-state index contributed by atoms with van der Waals surface area (Å²) in [5, 5.41) is 4.89. The van der Waals surface area contributed by atoms with Gasteiger partial charge in [0, 0.05) is 28.2 Å². The summed E-state index contributed by atoms with van der Waals surface area (Å²) in [6.45, 7) is 0. The lowest BCUT2D eigenvalue weighted by atomic mass is 10.0. The summed E-state index contributed by atoms with van der Waals surface area (Å²) in [7, 11) is 0. The molecule has 1 amide bonds. The SMILES string of the molecule is CSc1ccc(/C=N\NC(=O)c2cc(-c3cccnc3)nc3ccccc23)cc1. The summed E-state index contributed by atoms with van der Waals surface area (Å²) in [5.74, 6) is -0.286. The first kappa shape index (κ1) is 18.8. The van der Waals surface area contributed by atoms with Gasteiger partial charge < -0.3 is 0 Å². The molecule has 0 bridgehead atoms. The van der Waals surface area contributed by atoms with E-state index >= 15 is 0 Å². The maximum absolute atomic E-state index is 12.9. The molecule has 29 heavy (non-hydrogen) atoms. The summed E-state index contributed by atoms with van der Waals surface area (Å²) >= 11 is 1.68. The first-order chi connectivity index (χ1) is 14.2. The molecule has 0 radical (unpaired) electrons. The minimum atomic E-state index is -0.286. The molecule has 0 aliphatic heterocycles. The Bertz CT molecular complexity index is 1170. The van der Waals surface area contributed by atoms with E-state index in [1.807, 2.05) is 66.9 Å². The van der Waals surface area contributed by atoms with Crippen LogP contribution in [0.15, 0.2) is 89.1 Å². The van der Waals surface area contributed by atoms with Crippen molar-refractivity contribution in [1.82, 2.24) is 15.4 Å². The summed E-state index contributed by atoms with van der Waals surface area (Å²) in [6.07, 6.45) is 7.10. The molecule has 0 fully saturated rings.